The molecule has 6 nitrogen and oxygen atoms in total. The van der Waals surface area contributed by atoms with Gasteiger partial charge in [0, 0.05) is 12.6 Å². The van der Waals surface area contributed by atoms with E-state index in [1.165, 1.54) is 22.9 Å². The van der Waals surface area contributed by atoms with E-state index in [2.05, 4.69) is 44.3 Å². The summed E-state index contributed by atoms with van der Waals surface area (Å²) < 4.78 is 7.66. The average Bonchev–Trinajstić information content (AvgIpc) is 3.33. The van der Waals surface area contributed by atoms with Crippen molar-refractivity contribution in [2.75, 3.05) is 12.9 Å². The molecule has 0 spiro atoms. The lowest BCUT2D eigenvalue weighted by Gasteiger charge is -2.14. The third-order valence-electron chi connectivity index (χ3n) is 5.98. The van der Waals surface area contributed by atoms with Crippen LogP contribution in [0.5, 0.6) is 5.75 Å². The highest BCUT2D eigenvalue weighted by Crippen LogP contribution is 2.31. The first-order valence-electron chi connectivity index (χ1n) is 12.2. The number of para-hydroxylation sites is 1. The Kier molecular flexibility index (Phi) is 9.16. The molecule has 0 saturated carbocycles. The normalized spacial score (nSPS) is 11.7. The van der Waals surface area contributed by atoms with Gasteiger partial charge in [0.15, 0.2) is 11.0 Å². The Morgan fingerprint density at radius 2 is 1.56 bits per heavy atom. The molecular weight excluding hydrogens is 468 g/mol. The number of amides is 1. The van der Waals surface area contributed by atoms with Crippen molar-refractivity contribution < 1.29 is 9.53 Å². The number of aryl methyl sites for hydroxylation is 2. The smallest absolute Gasteiger partial charge is 0.230 e. The van der Waals surface area contributed by atoms with E-state index >= 15 is 0 Å². The second kappa shape index (κ2) is 12.9. The van der Waals surface area contributed by atoms with Crippen molar-refractivity contribution in [3.63, 3.8) is 0 Å². The van der Waals surface area contributed by atoms with Crippen LogP contribution in [0.25, 0.3) is 11.4 Å². The molecule has 4 aromatic rings. The molecule has 0 aliphatic heterocycles. The maximum Gasteiger partial charge on any atom is 0.230 e. The van der Waals surface area contributed by atoms with E-state index in [9.17, 15) is 4.79 Å². The molecule has 1 heterocycles. The van der Waals surface area contributed by atoms with Gasteiger partial charge in [0.2, 0.25) is 5.91 Å². The number of methoxy groups -OCH3 is 1. The first kappa shape index (κ1) is 25.5. The lowest BCUT2D eigenvalue weighted by atomic mass is 10.1. The maximum atomic E-state index is 12.7. The SMILES string of the molecule is COc1ccccc1-c1nnc(SCC(=O)NC(C)CCc2ccccc2)n1CCc1ccccc1. The number of nitrogens with one attached hydrogen (secondary N) is 1. The third-order valence-corrected chi connectivity index (χ3v) is 6.95. The molecule has 1 N–H and O–H groups in total. The van der Waals surface area contributed by atoms with Crippen LogP contribution in [0, 0.1) is 0 Å². The van der Waals surface area contributed by atoms with Crippen LogP contribution in [0.4, 0.5) is 0 Å². The number of ether oxygens (including phenoxy) is 1. The van der Waals surface area contributed by atoms with Gasteiger partial charge in [-0.1, -0.05) is 84.6 Å². The molecule has 4 rings (SSSR count). The molecule has 1 aromatic heterocycles. The summed E-state index contributed by atoms with van der Waals surface area (Å²) >= 11 is 1.41. The third kappa shape index (κ3) is 6.98. The number of carbonyl (C=O) groups excluding carboxylic acids is 1. The molecule has 7 heteroatoms. The first-order chi connectivity index (χ1) is 17.6. The largest absolute Gasteiger partial charge is 0.496 e. The second-order valence-electron chi connectivity index (χ2n) is 8.68. The summed E-state index contributed by atoms with van der Waals surface area (Å²) in [5.74, 6) is 1.76. The monoisotopic (exact) mass is 500 g/mol. The number of carbonyl (C=O) groups is 1. The molecule has 0 fully saturated rings. The zero-order chi connectivity index (χ0) is 25.2. The van der Waals surface area contributed by atoms with Crippen molar-refractivity contribution in [2.45, 2.75) is 43.9 Å². The molecule has 0 radical (unpaired) electrons. The van der Waals surface area contributed by atoms with Gasteiger partial charge in [-0.15, -0.1) is 10.2 Å². The Balaban J connectivity index is 1.42. The Bertz CT molecular complexity index is 1240. The van der Waals surface area contributed by atoms with Gasteiger partial charge in [-0.2, -0.15) is 0 Å². The maximum absolute atomic E-state index is 12.7. The molecule has 1 atom stereocenters. The first-order valence-corrected chi connectivity index (χ1v) is 13.2. The van der Waals surface area contributed by atoms with E-state index in [0.717, 1.165) is 41.6 Å². The molecule has 1 unspecified atom stereocenters. The van der Waals surface area contributed by atoms with E-state index in [4.69, 9.17) is 4.74 Å². The highest BCUT2D eigenvalue weighted by Gasteiger charge is 2.19. The van der Waals surface area contributed by atoms with Gasteiger partial charge in [-0.25, -0.2) is 0 Å². The molecule has 0 saturated heterocycles. The van der Waals surface area contributed by atoms with Crippen molar-refractivity contribution in [1.82, 2.24) is 20.1 Å². The van der Waals surface area contributed by atoms with Crippen molar-refractivity contribution in [1.29, 1.82) is 0 Å². The van der Waals surface area contributed by atoms with Crippen LogP contribution >= 0.6 is 11.8 Å². The Hall–Kier alpha value is -3.58. The minimum absolute atomic E-state index is 0.00277. The van der Waals surface area contributed by atoms with E-state index in [1.807, 2.05) is 67.6 Å². The fourth-order valence-electron chi connectivity index (χ4n) is 4.06. The summed E-state index contributed by atoms with van der Waals surface area (Å²) in [6.45, 7) is 2.75. The van der Waals surface area contributed by atoms with E-state index in [1.54, 1.807) is 7.11 Å². The van der Waals surface area contributed by atoms with Crippen LogP contribution in [-0.2, 0) is 24.2 Å². The van der Waals surface area contributed by atoms with Gasteiger partial charge in [0.05, 0.1) is 18.4 Å². The predicted molar refractivity (Wildman–Crippen MR) is 145 cm³/mol. The Morgan fingerprint density at radius 1 is 0.917 bits per heavy atom. The number of rotatable bonds is 12. The van der Waals surface area contributed by atoms with E-state index < -0.39 is 0 Å². The fraction of sp³-hybridized carbons (Fsp3) is 0.276. The highest BCUT2D eigenvalue weighted by atomic mass is 32.2. The standard InChI is InChI=1S/C29H32N4O2S/c1-22(17-18-23-11-5-3-6-12-23)30-27(34)21-36-29-32-31-28(25-15-9-10-16-26(25)35-2)33(29)20-19-24-13-7-4-8-14-24/h3-16,22H,17-21H2,1-2H3,(H,30,34). The van der Waals surface area contributed by atoms with Crippen LogP contribution in [-0.4, -0.2) is 39.6 Å². The minimum Gasteiger partial charge on any atom is -0.496 e. The van der Waals surface area contributed by atoms with Gasteiger partial charge in [0.1, 0.15) is 5.75 Å². The van der Waals surface area contributed by atoms with Gasteiger partial charge in [-0.05, 0) is 49.4 Å². The number of thioether (sulfide) groups is 1. The van der Waals surface area contributed by atoms with Crippen LogP contribution in [0.2, 0.25) is 0 Å². The number of hydrogen-bond donors (Lipinski definition) is 1. The number of benzene rings is 3. The van der Waals surface area contributed by atoms with Crippen LogP contribution in [0.3, 0.4) is 0 Å². The lowest BCUT2D eigenvalue weighted by molar-refractivity contribution is -0.119. The van der Waals surface area contributed by atoms with Crippen LogP contribution in [0.1, 0.15) is 24.5 Å². The summed E-state index contributed by atoms with van der Waals surface area (Å²) in [7, 11) is 1.66. The molecule has 0 aliphatic rings. The van der Waals surface area contributed by atoms with Crippen molar-refractivity contribution in [2.24, 2.45) is 0 Å². The summed E-state index contributed by atoms with van der Waals surface area (Å²) in [6.07, 6.45) is 2.66. The molecule has 1 amide bonds. The predicted octanol–water partition coefficient (Wildman–Crippen LogP) is 5.43. The van der Waals surface area contributed by atoms with Gasteiger partial charge in [0.25, 0.3) is 0 Å². The summed E-state index contributed by atoms with van der Waals surface area (Å²) in [6, 6.07) is 28.6. The van der Waals surface area contributed by atoms with E-state index in [-0.39, 0.29) is 17.7 Å². The van der Waals surface area contributed by atoms with Gasteiger partial charge in [-0.3, -0.25) is 4.79 Å². The molecule has 0 aliphatic carbocycles. The van der Waals surface area contributed by atoms with Crippen molar-refractivity contribution in [3.8, 4) is 17.1 Å². The Labute approximate surface area is 217 Å². The van der Waals surface area contributed by atoms with Crippen molar-refractivity contribution in [3.05, 3.63) is 96.1 Å². The zero-order valence-corrected chi connectivity index (χ0v) is 21.6. The topological polar surface area (TPSA) is 69.0 Å². The summed E-state index contributed by atoms with van der Waals surface area (Å²) in [4.78, 5) is 12.7. The quantitative estimate of drug-likeness (QED) is 0.263. The fourth-order valence-corrected chi connectivity index (χ4v) is 4.83. The second-order valence-corrected chi connectivity index (χ2v) is 9.62. The highest BCUT2D eigenvalue weighted by molar-refractivity contribution is 7.99. The molecule has 36 heavy (non-hydrogen) atoms. The summed E-state index contributed by atoms with van der Waals surface area (Å²) in [5, 5.41) is 12.8. The number of nitrogens with zero attached hydrogens (tertiary/aromatic N) is 3. The minimum atomic E-state index is -0.00277. The summed E-state index contributed by atoms with van der Waals surface area (Å²) in [5.41, 5.74) is 3.40. The number of hydrogen-bond acceptors (Lipinski definition) is 5. The van der Waals surface area contributed by atoms with E-state index in [0.29, 0.717) is 6.54 Å². The zero-order valence-electron chi connectivity index (χ0n) is 20.8. The Morgan fingerprint density at radius 3 is 2.25 bits per heavy atom. The number of aromatic nitrogens is 3. The lowest BCUT2D eigenvalue weighted by Crippen LogP contribution is -2.34. The molecule has 3 aromatic carbocycles. The van der Waals surface area contributed by atoms with Gasteiger partial charge < -0.3 is 14.6 Å². The van der Waals surface area contributed by atoms with Gasteiger partial charge >= 0.3 is 0 Å². The molecular formula is C29H32N4O2S. The van der Waals surface area contributed by atoms with Crippen LogP contribution < -0.4 is 10.1 Å². The molecule has 0 bridgehead atoms. The van der Waals surface area contributed by atoms with Crippen LogP contribution in [0.15, 0.2) is 90.1 Å². The average molecular weight is 501 g/mol. The molecule has 186 valence electrons. The van der Waals surface area contributed by atoms with Crippen molar-refractivity contribution >= 4 is 17.7 Å².